The molecule has 0 saturated carbocycles. The van der Waals surface area contributed by atoms with Gasteiger partial charge in [-0.3, -0.25) is 0 Å². The Hall–Kier alpha value is -1.40. The van der Waals surface area contributed by atoms with Crippen LogP contribution in [0.2, 0.25) is 0 Å². The van der Waals surface area contributed by atoms with Gasteiger partial charge in [-0.05, 0) is 67.5 Å². The summed E-state index contributed by atoms with van der Waals surface area (Å²) in [6.07, 6.45) is 5.97. The summed E-state index contributed by atoms with van der Waals surface area (Å²) in [5.41, 5.74) is 3.81. The molecule has 5 nitrogen and oxygen atoms in total. The summed E-state index contributed by atoms with van der Waals surface area (Å²) in [6, 6.07) is 3.86. The molecule has 0 bridgehead atoms. The molecule has 1 heterocycles. The van der Waals surface area contributed by atoms with Gasteiger partial charge in [0.05, 0.1) is 17.8 Å². The van der Waals surface area contributed by atoms with E-state index < -0.39 is 0 Å². The Morgan fingerprint density at radius 3 is 2.60 bits per heavy atom. The summed E-state index contributed by atoms with van der Waals surface area (Å²) in [6.45, 7) is 4.96. The molecule has 25 heavy (non-hydrogen) atoms. The van der Waals surface area contributed by atoms with Gasteiger partial charge in [0.1, 0.15) is 5.69 Å². The first kappa shape index (κ1) is 18.4. The van der Waals surface area contributed by atoms with E-state index >= 15 is 0 Å². The third-order valence-electron chi connectivity index (χ3n) is 5.14. The molecule has 1 aromatic rings. The largest absolute Gasteiger partial charge is 0.391 e. The number of benzene rings is 1. The minimum Gasteiger partial charge on any atom is -0.391 e. The molecule has 6 heteroatoms. The summed E-state index contributed by atoms with van der Waals surface area (Å²) in [5, 5.41) is 14.3. The van der Waals surface area contributed by atoms with E-state index in [0.717, 1.165) is 67.2 Å². The molecular formula is C19H27N3O2S. The molecule has 0 aromatic heterocycles. The van der Waals surface area contributed by atoms with Crippen LogP contribution in [0.1, 0.15) is 50.7 Å². The van der Waals surface area contributed by atoms with Gasteiger partial charge in [0.2, 0.25) is 0 Å². The zero-order valence-electron chi connectivity index (χ0n) is 15.1. The molecule has 1 aliphatic heterocycles. The van der Waals surface area contributed by atoms with Crippen LogP contribution in [0.4, 0.5) is 11.4 Å². The Labute approximate surface area is 153 Å². The molecule has 1 aliphatic carbocycles. The average molecular weight is 362 g/mol. The Bertz CT molecular complexity index is 660. The topological polar surface area (TPSA) is 65.3 Å². The number of hydrogen-bond acceptors (Lipinski definition) is 5. The Kier molecular flexibility index (Phi) is 6.12. The second kappa shape index (κ2) is 8.32. The number of amidine groups is 1. The maximum absolute atomic E-state index is 11.1. The number of aliphatic hydroxyl groups is 1. The number of unbranched alkanes of at least 4 members (excludes halogenated alkanes) is 1. The van der Waals surface area contributed by atoms with Crippen LogP contribution in [0, 0.1) is 4.91 Å². The van der Waals surface area contributed by atoms with Gasteiger partial charge in [-0.1, -0.05) is 25.1 Å². The number of rotatable bonds is 6. The maximum Gasteiger partial charge on any atom is 0.164 e. The fourth-order valence-electron chi connectivity index (χ4n) is 3.68. The quantitative estimate of drug-likeness (QED) is 0.755. The molecular weight excluding hydrogens is 334 g/mol. The van der Waals surface area contributed by atoms with Crippen LogP contribution in [0.25, 0.3) is 0 Å². The predicted molar refractivity (Wildman–Crippen MR) is 105 cm³/mol. The first-order chi connectivity index (χ1) is 12.2. The van der Waals surface area contributed by atoms with E-state index in [9.17, 15) is 10.0 Å². The van der Waals surface area contributed by atoms with Crippen molar-refractivity contribution in [1.82, 2.24) is 4.90 Å². The van der Waals surface area contributed by atoms with Gasteiger partial charge in [0.25, 0.3) is 0 Å². The highest BCUT2D eigenvalue weighted by Gasteiger charge is 2.33. The third kappa shape index (κ3) is 3.90. The van der Waals surface area contributed by atoms with Crippen LogP contribution in [0.5, 0.6) is 0 Å². The van der Waals surface area contributed by atoms with Crippen molar-refractivity contribution in [2.24, 2.45) is 10.2 Å². The number of aliphatic imine (C=N–C) groups is 1. The summed E-state index contributed by atoms with van der Waals surface area (Å²) in [7, 11) is 0. The molecule has 3 rings (SSSR count). The lowest BCUT2D eigenvalue weighted by Gasteiger charge is -2.28. The SMILES string of the molecule is CCCCN1C(=Nc2ccc(N=O)c3c2CCCC3)SC[C@@H]1[C@@H](C)O. The highest BCUT2D eigenvalue weighted by Crippen LogP contribution is 2.38. The maximum atomic E-state index is 11.1. The van der Waals surface area contributed by atoms with Crippen LogP contribution in [0.15, 0.2) is 22.3 Å². The minimum atomic E-state index is -0.368. The van der Waals surface area contributed by atoms with Crippen LogP contribution >= 0.6 is 11.8 Å². The van der Waals surface area contributed by atoms with Crippen molar-refractivity contribution >= 4 is 28.3 Å². The predicted octanol–water partition coefficient (Wildman–Crippen LogP) is 4.55. The summed E-state index contributed by atoms with van der Waals surface area (Å²) in [5.74, 6) is 0.871. The van der Waals surface area contributed by atoms with E-state index in [1.54, 1.807) is 17.8 Å². The van der Waals surface area contributed by atoms with Crippen LogP contribution < -0.4 is 0 Å². The molecule has 136 valence electrons. The molecule has 2 aliphatic rings. The normalized spacial score (nSPS) is 22.9. The fraction of sp³-hybridized carbons (Fsp3) is 0.632. The molecule has 0 amide bonds. The average Bonchev–Trinajstić information content (AvgIpc) is 3.03. The monoisotopic (exact) mass is 361 g/mol. The zero-order valence-corrected chi connectivity index (χ0v) is 15.9. The molecule has 2 atom stereocenters. The Morgan fingerprint density at radius 2 is 1.96 bits per heavy atom. The number of hydrogen-bond donors (Lipinski definition) is 1. The highest BCUT2D eigenvalue weighted by atomic mass is 32.2. The smallest absolute Gasteiger partial charge is 0.164 e. The van der Waals surface area contributed by atoms with Gasteiger partial charge in [0.15, 0.2) is 5.17 Å². The standard InChI is InChI=1S/C19H27N3O2S/c1-3-4-11-22-18(13(2)23)12-25-19(22)20-16-9-10-17(21-24)15-8-6-5-7-14(15)16/h9-10,13,18,23H,3-8,11-12H2,1-2H3/t13-,18-/m1/s1. The van der Waals surface area contributed by atoms with Crippen molar-refractivity contribution in [3.05, 3.63) is 28.2 Å². The van der Waals surface area contributed by atoms with Crippen LogP contribution in [0.3, 0.4) is 0 Å². The second-order valence-electron chi connectivity index (χ2n) is 6.92. The summed E-state index contributed by atoms with van der Waals surface area (Å²) >= 11 is 1.72. The van der Waals surface area contributed by atoms with Gasteiger partial charge in [0, 0.05) is 12.3 Å². The molecule has 1 aromatic carbocycles. The molecule has 0 unspecified atom stereocenters. The van der Waals surface area contributed by atoms with Gasteiger partial charge >= 0.3 is 0 Å². The van der Waals surface area contributed by atoms with Crippen LogP contribution in [-0.4, -0.2) is 39.6 Å². The number of aliphatic hydroxyl groups excluding tert-OH is 1. The second-order valence-corrected chi connectivity index (χ2v) is 7.91. The number of nitrogens with zero attached hydrogens (tertiary/aromatic N) is 3. The van der Waals surface area contributed by atoms with Crippen molar-refractivity contribution in [3.63, 3.8) is 0 Å². The third-order valence-corrected chi connectivity index (χ3v) is 6.23. The molecule has 0 radical (unpaired) electrons. The molecule has 1 fully saturated rings. The van der Waals surface area contributed by atoms with Crippen molar-refractivity contribution in [2.75, 3.05) is 12.3 Å². The van der Waals surface area contributed by atoms with E-state index in [-0.39, 0.29) is 12.1 Å². The molecule has 0 spiro atoms. The first-order valence-corrected chi connectivity index (χ1v) is 10.3. The van der Waals surface area contributed by atoms with Gasteiger partial charge in [-0.25, -0.2) is 4.99 Å². The van der Waals surface area contributed by atoms with Crippen molar-refractivity contribution in [3.8, 4) is 0 Å². The summed E-state index contributed by atoms with van der Waals surface area (Å²) < 4.78 is 0. The van der Waals surface area contributed by atoms with Gasteiger partial charge in [-0.2, -0.15) is 0 Å². The number of nitroso groups, excluding NO2 is 1. The minimum absolute atomic E-state index is 0.127. The zero-order chi connectivity index (χ0) is 17.8. The highest BCUT2D eigenvalue weighted by molar-refractivity contribution is 8.14. The number of thioether (sulfide) groups is 1. The van der Waals surface area contributed by atoms with Gasteiger partial charge in [-0.15, -0.1) is 4.91 Å². The fourth-order valence-corrected chi connectivity index (χ4v) is 5.02. The molecule has 1 N–H and O–H groups in total. The lowest BCUT2D eigenvalue weighted by molar-refractivity contribution is 0.115. The van der Waals surface area contributed by atoms with E-state index in [0.29, 0.717) is 5.69 Å². The van der Waals surface area contributed by atoms with E-state index in [4.69, 9.17) is 4.99 Å². The lowest BCUT2D eigenvalue weighted by atomic mass is 9.89. The number of fused-ring (bicyclic) bond motifs is 1. The van der Waals surface area contributed by atoms with E-state index in [1.165, 1.54) is 5.56 Å². The molecule has 1 saturated heterocycles. The van der Waals surface area contributed by atoms with Crippen molar-refractivity contribution in [1.29, 1.82) is 0 Å². The Morgan fingerprint density at radius 1 is 1.28 bits per heavy atom. The van der Waals surface area contributed by atoms with Crippen molar-refractivity contribution in [2.45, 2.75) is 64.5 Å². The van der Waals surface area contributed by atoms with E-state index in [1.807, 2.05) is 13.0 Å². The van der Waals surface area contributed by atoms with E-state index in [2.05, 4.69) is 17.0 Å². The summed E-state index contributed by atoms with van der Waals surface area (Å²) in [4.78, 5) is 18.3. The van der Waals surface area contributed by atoms with Gasteiger partial charge < -0.3 is 10.0 Å². The first-order valence-electron chi connectivity index (χ1n) is 9.30. The van der Waals surface area contributed by atoms with Crippen molar-refractivity contribution < 1.29 is 5.11 Å². The lowest BCUT2D eigenvalue weighted by Crippen LogP contribution is -2.41. The Balaban J connectivity index is 1.94. The van der Waals surface area contributed by atoms with Crippen LogP contribution in [-0.2, 0) is 12.8 Å².